The van der Waals surface area contributed by atoms with E-state index in [2.05, 4.69) is 29.2 Å². The van der Waals surface area contributed by atoms with Crippen LogP contribution in [0.25, 0.3) is 21.5 Å². The number of fused-ring (bicyclic) bond motifs is 1. The van der Waals surface area contributed by atoms with Crippen LogP contribution in [0, 0.1) is 6.92 Å². The van der Waals surface area contributed by atoms with Crippen molar-refractivity contribution in [3.8, 4) is 16.4 Å². The van der Waals surface area contributed by atoms with Crippen molar-refractivity contribution in [3.05, 3.63) is 58.2 Å². The van der Waals surface area contributed by atoms with Crippen LogP contribution in [0.3, 0.4) is 0 Å². The van der Waals surface area contributed by atoms with Crippen molar-refractivity contribution in [2.75, 3.05) is 20.2 Å². The predicted octanol–water partition coefficient (Wildman–Crippen LogP) is 6.15. The quantitative estimate of drug-likeness (QED) is 0.336. The third-order valence-electron chi connectivity index (χ3n) is 6.52. The average molecular weight is 529 g/mol. The lowest BCUT2D eigenvalue weighted by Crippen LogP contribution is -2.46. The monoisotopic (exact) mass is 528 g/mol. The number of hydrogen-bond donors (Lipinski definition) is 1. The van der Waals surface area contributed by atoms with Gasteiger partial charge >= 0.3 is 0 Å². The number of ether oxygens (including phenoxy) is 1. The first-order valence-corrected chi connectivity index (χ1v) is 13.3. The van der Waals surface area contributed by atoms with Gasteiger partial charge in [0, 0.05) is 49.2 Å². The van der Waals surface area contributed by atoms with Crippen molar-refractivity contribution in [2.45, 2.75) is 45.7 Å². The van der Waals surface area contributed by atoms with Gasteiger partial charge in [0.05, 0.1) is 22.0 Å². The van der Waals surface area contributed by atoms with Gasteiger partial charge in [0.1, 0.15) is 11.4 Å². The van der Waals surface area contributed by atoms with Crippen LogP contribution < -0.4 is 10.1 Å². The third-order valence-corrected chi connectivity index (χ3v) is 7.77. The van der Waals surface area contributed by atoms with Gasteiger partial charge in [0.15, 0.2) is 5.76 Å². The number of thiophene rings is 1. The van der Waals surface area contributed by atoms with E-state index in [1.165, 1.54) is 11.3 Å². The van der Waals surface area contributed by atoms with Crippen LogP contribution in [0.1, 0.15) is 42.9 Å². The maximum absolute atomic E-state index is 12.7. The number of amides is 1. The highest BCUT2D eigenvalue weighted by Crippen LogP contribution is 2.31. The van der Waals surface area contributed by atoms with Crippen molar-refractivity contribution < 1.29 is 14.1 Å². The number of carbonyl (C=O) groups excluding carboxylic acids is 1. The lowest BCUT2D eigenvalue weighted by atomic mass is 10.0. The number of nitrogens with one attached hydrogen (secondary N) is 1. The maximum atomic E-state index is 12.7. The summed E-state index contributed by atoms with van der Waals surface area (Å²) in [7, 11) is 3.59. The van der Waals surface area contributed by atoms with E-state index in [1.54, 1.807) is 7.11 Å². The SMILES string of the molecule is COc1ccc2c(c1)cc(C(=O)NC1CCN(C(C)C)CC1)n2C.Cc1cc(-c2ccc(Cl)s2)on1. The van der Waals surface area contributed by atoms with Crippen LogP contribution in [0.15, 0.2) is 47.0 Å². The summed E-state index contributed by atoms with van der Waals surface area (Å²) in [6.07, 6.45) is 2.03. The number of halogens is 1. The minimum atomic E-state index is 0.00987. The van der Waals surface area contributed by atoms with Crippen LogP contribution in [-0.2, 0) is 7.05 Å². The third kappa shape index (κ3) is 6.11. The summed E-state index contributed by atoms with van der Waals surface area (Å²) in [5.74, 6) is 1.60. The number of methoxy groups -OCH3 is 1. The zero-order valence-electron chi connectivity index (χ0n) is 21.4. The molecular formula is C27H33ClN4O3S. The van der Waals surface area contributed by atoms with Gasteiger partial charge < -0.3 is 24.0 Å². The Labute approximate surface area is 221 Å². The van der Waals surface area contributed by atoms with E-state index in [-0.39, 0.29) is 11.9 Å². The van der Waals surface area contributed by atoms with Gasteiger partial charge in [-0.05, 0) is 70.0 Å². The molecule has 1 saturated heterocycles. The molecule has 1 aliphatic heterocycles. The molecule has 36 heavy (non-hydrogen) atoms. The Morgan fingerprint density at radius 2 is 1.94 bits per heavy atom. The normalized spacial score (nSPS) is 14.6. The first kappa shape index (κ1) is 26.3. The number of nitrogens with zero attached hydrogens (tertiary/aromatic N) is 3. The van der Waals surface area contributed by atoms with Crippen molar-refractivity contribution in [3.63, 3.8) is 0 Å². The number of hydrogen-bond acceptors (Lipinski definition) is 6. The number of aryl methyl sites for hydroxylation is 2. The summed E-state index contributed by atoms with van der Waals surface area (Å²) >= 11 is 7.26. The first-order valence-electron chi connectivity index (χ1n) is 12.1. The second-order valence-electron chi connectivity index (χ2n) is 9.33. The smallest absolute Gasteiger partial charge is 0.268 e. The van der Waals surface area contributed by atoms with Gasteiger partial charge in [-0.3, -0.25) is 4.79 Å². The minimum absolute atomic E-state index is 0.00987. The van der Waals surface area contributed by atoms with Crippen molar-refractivity contribution >= 4 is 39.7 Å². The first-order chi connectivity index (χ1) is 17.2. The molecule has 0 bridgehead atoms. The molecule has 9 heteroatoms. The number of piperidine rings is 1. The fourth-order valence-corrected chi connectivity index (χ4v) is 5.41. The van der Waals surface area contributed by atoms with Crippen LogP contribution in [0.4, 0.5) is 0 Å². The molecule has 3 aromatic heterocycles. The fourth-order valence-electron chi connectivity index (χ4n) is 4.42. The number of carbonyl (C=O) groups is 1. The lowest BCUT2D eigenvalue weighted by Gasteiger charge is -2.34. The summed E-state index contributed by atoms with van der Waals surface area (Å²) in [5.41, 5.74) is 2.62. The Balaban J connectivity index is 0.000000211. The van der Waals surface area contributed by atoms with E-state index in [9.17, 15) is 4.79 Å². The molecule has 0 saturated carbocycles. The summed E-state index contributed by atoms with van der Waals surface area (Å²) < 4.78 is 13.0. The zero-order valence-corrected chi connectivity index (χ0v) is 22.9. The molecule has 1 N–H and O–H groups in total. The van der Waals surface area contributed by atoms with E-state index < -0.39 is 0 Å². The molecule has 0 spiro atoms. The van der Waals surface area contributed by atoms with Gasteiger partial charge in [-0.15, -0.1) is 11.3 Å². The van der Waals surface area contributed by atoms with Crippen molar-refractivity contribution in [1.29, 1.82) is 0 Å². The molecule has 7 nitrogen and oxygen atoms in total. The highest BCUT2D eigenvalue weighted by molar-refractivity contribution is 7.19. The zero-order chi connectivity index (χ0) is 25.8. The molecule has 1 aromatic carbocycles. The summed E-state index contributed by atoms with van der Waals surface area (Å²) in [4.78, 5) is 16.2. The second-order valence-corrected chi connectivity index (χ2v) is 11.0. The Morgan fingerprint density at radius 1 is 1.19 bits per heavy atom. The molecule has 5 rings (SSSR count). The maximum Gasteiger partial charge on any atom is 0.268 e. The number of aromatic nitrogens is 2. The minimum Gasteiger partial charge on any atom is -0.497 e. The molecule has 0 radical (unpaired) electrons. The van der Waals surface area contributed by atoms with Gasteiger partial charge in [-0.1, -0.05) is 16.8 Å². The molecule has 0 aliphatic carbocycles. The van der Waals surface area contributed by atoms with Crippen LogP contribution in [-0.4, -0.2) is 52.8 Å². The lowest BCUT2D eigenvalue weighted by molar-refractivity contribution is 0.0893. The predicted molar refractivity (Wildman–Crippen MR) is 146 cm³/mol. The van der Waals surface area contributed by atoms with E-state index in [1.807, 2.05) is 61.0 Å². The molecule has 1 amide bonds. The summed E-state index contributed by atoms with van der Waals surface area (Å²) in [5, 5.41) is 8.02. The molecule has 1 fully saturated rings. The average Bonchev–Trinajstić information content (AvgIpc) is 3.58. The molecule has 0 atom stereocenters. The van der Waals surface area contributed by atoms with Gasteiger partial charge in [-0.25, -0.2) is 0 Å². The standard InChI is InChI=1S/C19H27N3O2.C8H6ClNOS/c1-13(2)22-9-7-15(8-10-22)20-19(23)18-12-14-11-16(24-4)5-6-17(14)21(18)3;1-5-4-6(11-10-5)7-2-3-8(9)12-7/h5-6,11-13,15H,7-10H2,1-4H3,(H,20,23);2-4H,1H3. The van der Waals surface area contributed by atoms with Gasteiger partial charge in [0.2, 0.25) is 0 Å². The van der Waals surface area contributed by atoms with Crippen molar-refractivity contribution in [1.82, 2.24) is 19.9 Å². The van der Waals surface area contributed by atoms with E-state index >= 15 is 0 Å². The van der Waals surface area contributed by atoms with Crippen LogP contribution >= 0.6 is 22.9 Å². The van der Waals surface area contributed by atoms with Gasteiger partial charge in [-0.2, -0.15) is 0 Å². The highest BCUT2D eigenvalue weighted by atomic mass is 35.5. The Morgan fingerprint density at radius 3 is 2.53 bits per heavy atom. The number of benzene rings is 1. The fraction of sp³-hybridized carbons (Fsp3) is 0.407. The number of rotatable bonds is 5. The van der Waals surface area contributed by atoms with Crippen molar-refractivity contribution in [2.24, 2.45) is 7.05 Å². The van der Waals surface area contributed by atoms with E-state index in [0.29, 0.717) is 11.7 Å². The summed E-state index contributed by atoms with van der Waals surface area (Å²) in [6.45, 7) is 8.44. The second kappa shape index (κ2) is 11.5. The van der Waals surface area contributed by atoms with Crippen LogP contribution in [0.5, 0.6) is 5.75 Å². The Kier molecular flexibility index (Phi) is 8.39. The molecular weight excluding hydrogens is 496 g/mol. The topological polar surface area (TPSA) is 72.5 Å². The molecule has 192 valence electrons. The largest absolute Gasteiger partial charge is 0.497 e. The highest BCUT2D eigenvalue weighted by Gasteiger charge is 2.23. The number of likely N-dealkylation sites (tertiary alicyclic amines) is 1. The van der Waals surface area contributed by atoms with Gasteiger partial charge in [0.25, 0.3) is 5.91 Å². The van der Waals surface area contributed by atoms with E-state index in [4.69, 9.17) is 20.9 Å². The Bertz CT molecular complexity index is 1280. The molecule has 4 heterocycles. The molecule has 0 unspecified atom stereocenters. The summed E-state index contributed by atoms with van der Waals surface area (Å²) in [6, 6.07) is 14.3. The Hall–Kier alpha value is -2.81. The molecule has 4 aromatic rings. The van der Waals surface area contributed by atoms with E-state index in [0.717, 1.165) is 63.3 Å². The molecule has 1 aliphatic rings. The van der Waals surface area contributed by atoms with Crippen LogP contribution in [0.2, 0.25) is 4.34 Å².